The number of ether oxygens (including phenoxy) is 1. The molecule has 1 aromatic rings. The Bertz CT molecular complexity index is 270. The predicted molar refractivity (Wildman–Crippen MR) is 50.2 cm³/mol. The van der Waals surface area contributed by atoms with E-state index in [0.717, 1.165) is 11.3 Å². The van der Waals surface area contributed by atoms with Crippen molar-refractivity contribution in [2.45, 2.75) is 18.9 Å². The number of hydrogen-bond donors (Lipinski definition) is 0. The van der Waals surface area contributed by atoms with Crippen molar-refractivity contribution in [3.63, 3.8) is 0 Å². The molecule has 0 N–H and O–H groups in total. The maximum Gasteiger partial charge on any atom is 0.119 e. The van der Waals surface area contributed by atoms with Crippen LogP contribution in [0.5, 0.6) is 5.75 Å². The van der Waals surface area contributed by atoms with Crippen LogP contribution in [0.25, 0.3) is 6.08 Å². The lowest BCUT2D eigenvalue weighted by Crippen LogP contribution is -1.94. The molecule has 2 rings (SSSR count). The fourth-order valence-corrected chi connectivity index (χ4v) is 1.06. The van der Waals surface area contributed by atoms with Gasteiger partial charge in [0.1, 0.15) is 5.75 Å². The molecule has 0 saturated heterocycles. The van der Waals surface area contributed by atoms with Crippen LogP contribution >= 0.6 is 0 Å². The van der Waals surface area contributed by atoms with Crippen molar-refractivity contribution in [2.75, 3.05) is 0 Å². The maximum absolute atomic E-state index is 5.59. The standard InChI is InChI=1S/C11H12O/c1-2-9-3-5-10(6-4-9)12-11-7-8-11/h2-6,11H,1,7-8H2. The van der Waals surface area contributed by atoms with E-state index in [1.165, 1.54) is 12.8 Å². The highest BCUT2D eigenvalue weighted by Crippen LogP contribution is 2.26. The van der Waals surface area contributed by atoms with Crippen LogP contribution in [-0.2, 0) is 0 Å². The lowest BCUT2D eigenvalue weighted by molar-refractivity contribution is 0.303. The Hall–Kier alpha value is -1.24. The van der Waals surface area contributed by atoms with Gasteiger partial charge in [0.2, 0.25) is 0 Å². The third-order valence-electron chi connectivity index (χ3n) is 1.94. The van der Waals surface area contributed by atoms with Gasteiger partial charge in [0.15, 0.2) is 0 Å². The summed E-state index contributed by atoms with van der Waals surface area (Å²) in [6.07, 6.45) is 4.74. The molecule has 1 nitrogen and oxygen atoms in total. The van der Waals surface area contributed by atoms with E-state index in [-0.39, 0.29) is 0 Å². The zero-order valence-corrected chi connectivity index (χ0v) is 6.99. The Labute approximate surface area is 72.7 Å². The molecule has 62 valence electrons. The van der Waals surface area contributed by atoms with E-state index in [4.69, 9.17) is 4.74 Å². The van der Waals surface area contributed by atoms with Crippen molar-refractivity contribution in [3.8, 4) is 5.75 Å². The molecule has 0 bridgehead atoms. The Balaban J connectivity index is 2.07. The Kier molecular flexibility index (Phi) is 1.86. The van der Waals surface area contributed by atoms with Crippen LogP contribution in [0.1, 0.15) is 18.4 Å². The first kappa shape index (κ1) is 7.41. The first-order valence-corrected chi connectivity index (χ1v) is 4.27. The lowest BCUT2D eigenvalue weighted by Gasteiger charge is -2.03. The number of rotatable bonds is 3. The lowest BCUT2D eigenvalue weighted by atomic mass is 10.2. The molecule has 0 radical (unpaired) electrons. The maximum atomic E-state index is 5.59. The van der Waals surface area contributed by atoms with Crippen LogP contribution in [0.15, 0.2) is 30.8 Å². The third-order valence-corrected chi connectivity index (χ3v) is 1.94. The van der Waals surface area contributed by atoms with Gasteiger partial charge in [-0.2, -0.15) is 0 Å². The average molecular weight is 160 g/mol. The molecule has 1 heteroatoms. The zero-order valence-electron chi connectivity index (χ0n) is 6.99. The van der Waals surface area contributed by atoms with Crippen LogP contribution in [0.4, 0.5) is 0 Å². The summed E-state index contributed by atoms with van der Waals surface area (Å²) in [4.78, 5) is 0. The molecule has 1 aliphatic rings. The molecule has 1 aromatic carbocycles. The van der Waals surface area contributed by atoms with E-state index in [2.05, 4.69) is 6.58 Å². The van der Waals surface area contributed by atoms with Gasteiger partial charge >= 0.3 is 0 Å². The second-order valence-corrected chi connectivity index (χ2v) is 3.09. The van der Waals surface area contributed by atoms with E-state index in [1.807, 2.05) is 30.3 Å². The first-order valence-electron chi connectivity index (χ1n) is 4.27. The van der Waals surface area contributed by atoms with E-state index >= 15 is 0 Å². The predicted octanol–water partition coefficient (Wildman–Crippen LogP) is 2.87. The highest BCUT2D eigenvalue weighted by Gasteiger charge is 2.23. The van der Waals surface area contributed by atoms with Crippen molar-refractivity contribution < 1.29 is 4.74 Å². The second kappa shape index (κ2) is 3.02. The minimum absolute atomic E-state index is 0.486. The fourth-order valence-electron chi connectivity index (χ4n) is 1.06. The van der Waals surface area contributed by atoms with Gasteiger partial charge in [0.25, 0.3) is 0 Å². The Morgan fingerprint density at radius 3 is 2.42 bits per heavy atom. The van der Waals surface area contributed by atoms with Gasteiger partial charge in [0.05, 0.1) is 6.10 Å². The summed E-state index contributed by atoms with van der Waals surface area (Å²) >= 11 is 0. The normalized spacial score (nSPS) is 15.7. The largest absolute Gasteiger partial charge is 0.490 e. The van der Waals surface area contributed by atoms with Gasteiger partial charge < -0.3 is 4.74 Å². The molecule has 0 atom stereocenters. The van der Waals surface area contributed by atoms with Crippen LogP contribution in [0.3, 0.4) is 0 Å². The fraction of sp³-hybridized carbons (Fsp3) is 0.273. The molecule has 0 amide bonds. The molecule has 1 aliphatic carbocycles. The number of benzene rings is 1. The van der Waals surface area contributed by atoms with E-state index in [1.54, 1.807) is 0 Å². The number of hydrogen-bond acceptors (Lipinski definition) is 1. The molecule has 0 unspecified atom stereocenters. The van der Waals surface area contributed by atoms with Crippen LogP contribution < -0.4 is 4.74 Å². The molecular formula is C11H12O. The van der Waals surface area contributed by atoms with Crippen molar-refractivity contribution >= 4 is 6.08 Å². The van der Waals surface area contributed by atoms with Crippen molar-refractivity contribution in [1.29, 1.82) is 0 Å². The first-order chi connectivity index (χ1) is 5.88. The summed E-state index contributed by atoms with van der Waals surface area (Å²) < 4.78 is 5.59. The quantitative estimate of drug-likeness (QED) is 0.660. The van der Waals surface area contributed by atoms with Crippen molar-refractivity contribution in [3.05, 3.63) is 36.4 Å². The highest BCUT2D eigenvalue weighted by molar-refractivity contribution is 5.48. The van der Waals surface area contributed by atoms with Crippen LogP contribution in [-0.4, -0.2) is 6.10 Å². The SMILES string of the molecule is C=Cc1ccc(OC2CC2)cc1. The average Bonchev–Trinajstić information content (AvgIpc) is 2.90. The Morgan fingerprint density at radius 1 is 1.25 bits per heavy atom. The van der Waals surface area contributed by atoms with Gasteiger partial charge in [-0.3, -0.25) is 0 Å². The second-order valence-electron chi connectivity index (χ2n) is 3.09. The highest BCUT2D eigenvalue weighted by atomic mass is 16.5. The smallest absolute Gasteiger partial charge is 0.119 e. The van der Waals surface area contributed by atoms with Gasteiger partial charge in [-0.1, -0.05) is 24.8 Å². The van der Waals surface area contributed by atoms with Gasteiger partial charge in [-0.05, 0) is 30.5 Å². The topological polar surface area (TPSA) is 9.23 Å². The summed E-state index contributed by atoms with van der Waals surface area (Å²) in [7, 11) is 0. The molecule has 0 spiro atoms. The zero-order chi connectivity index (χ0) is 8.39. The summed E-state index contributed by atoms with van der Waals surface area (Å²) in [6, 6.07) is 8.03. The minimum atomic E-state index is 0.486. The van der Waals surface area contributed by atoms with Crippen molar-refractivity contribution in [2.24, 2.45) is 0 Å². The molecular weight excluding hydrogens is 148 g/mol. The summed E-state index contributed by atoms with van der Waals surface area (Å²) in [6.45, 7) is 3.69. The molecule has 0 heterocycles. The summed E-state index contributed by atoms with van der Waals surface area (Å²) in [5.41, 5.74) is 1.14. The monoisotopic (exact) mass is 160 g/mol. The van der Waals surface area contributed by atoms with Crippen molar-refractivity contribution in [1.82, 2.24) is 0 Å². The summed E-state index contributed by atoms with van der Waals surface area (Å²) in [5.74, 6) is 0.975. The van der Waals surface area contributed by atoms with E-state index in [0.29, 0.717) is 6.10 Å². The van der Waals surface area contributed by atoms with Crippen LogP contribution in [0.2, 0.25) is 0 Å². The molecule has 0 aromatic heterocycles. The van der Waals surface area contributed by atoms with E-state index in [9.17, 15) is 0 Å². The van der Waals surface area contributed by atoms with E-state index < -0.39 is 0 Å². The minimum Gasteiger partial charge on any atom is -0.490 e. The molecule has 0 aliphatic heterocycles. The summed E-state index contributed by atoms with van der Waals surface area (Å²) in [5, 5.41) is 0. The van der Waals surface area contributed by atoms with Gasteiger partial charge in [-0.25, -0.2) is 0 Å². The molecule has 1 fully saturated rings. The van der Waals surface area contributed by atoms with Crippen LogP contribution in [0, 0.1) is 0 Å². The molecule has 12 heavy (non-hydrogen) atoms. The van der Waals surface area contributed by atoms with Gasteiger partial charge in [-0.15, -0.1) is 0 Å². The third kappa shape index (κ3) is 1.67. The molecule has 1 saturated carbocycles. The Morgan fingerprint density at radius 2 is 1.92 bits per heavy atom. The van der Waals surface area contributed by atoms with Gasteiger partial charge in [0, 0.05) is 0 Å².